The van der Waals surface area contributed by atoms with E-state index in [2.05, 4.69) is 5.32 Å². The van der Waals surface area contributed by atoms with Gasteiger partial charge in [-0.1, -0.05) is 6.07 Å². The SMILES string of the molecule is O=C(NCC1CCOCC1)C1CN(C(=O)c2cccs2)C2CCOC12. The highest BCUT2D eigenvalue weighted by Crippen LogP contribution is 2.35. The first kappa shape index (κ1) is 17.0. The molecule has 0 spiro atoms. The zero-order valence-corrected chi connectivity index (χ0v) is 15.0. The molecule has 4 heterocycles. The smallest absolute Gasteiger partial charge is 0.264 e. The summed E-state index contributed by atoms with van der Waals surface area (Å²) in [5.41, 5.74) is 0. The van der Waals surface area contributed by atoms with Crippen molar-refractivity contribution in [2.24, 2.45) is 11.8 Å². The molecule has 3 unspecified atom stereocenters. The van der Waals surface area contributed by atoms with Crippen LogP contribution in [0.1, 0.15) is 28.9 Å². The summed E-state index contributed by atoms with van der Waals surface area (Å²) in [7, 11) is 0. The summed E-state index contributed by atoms with van der Waals surface area (Å²) in [4.78, 5) is 28.1. The van der Waals surface area contributed by atoms with Gasteiger partial charge in [-0.25, -0.2) is 0 Å². The summed E-state index contributed by atoms with van der Waals surface area (Å²) < 4.78 is 11.2. The van der Waals surface area contributed by atoms with Crippen LogP contribution in [0.25, 0.3) is 0 Å². The number of thiophene rings is 1. The minimum atomic E-state index is -0.267. The van der Waals surface area contributed by atoms with E-state index in [1.807, 2.05) is 22.4 Å². The van der Waals surface area contributed by atoms with Crippen molar-refractivity contribution in [3.05, 3.63) is 22.4 Å². The van der Waals surface area contributed by atoms with Gasteiger partial charge in [0, 0.05) is 32.9 Å². The van der Waals surface area contributed by atoms with Gasteiger partial charge in [0.1, 0.15) is 0 Å². The fourth-order valence-corrected chi connectivity index (χ4v) is 4.78. The molecule has 1 aromatic rings. The van der Waals surface area contributed by atoms with Crippen LogP contribution in [0, 0.1) is 11.8 Å². The van der Waals surface area contributed by atoms with Crippen molar-refractivity contribution in [3.63, 3.8) is 0 Å². The molecule has 2 amide bonds. The van der Waals surface area contributed by atoms with Gasteiger partial charge >= 0.3 is 0 Å². The first-order valence-electron chi connectivity index (χ1n) is 9.05. The molecule has 6 nitrogen and oxygen atoms in total. The molecule has 25 heavy (non-hydrogen) atoms. The van der Waals surface area contributed by atoms with Gasteiger partial charge in [0.05, 0.1) is 22.9 Å². The molecular formula is C18H24N2O4S. The minimum Gasteiger partial charge on any atom is -0.381 e. The molecule has 136 valence electrons. The molecule has 3 fully saturated rings. The fraction of sp³-hybridized carbons (Fsp3) is 0.667. The van der Waals surface area contributed by atoms with Crippen molar-refractivity contribution >= 4 is 23.2 Å². The van der Waals surface area contributed by atoms with Gasteiger partial charge in [0.15, 0.2) is 0 Å². The number of hydrogen-bond donors (Lipinski definition) is 1. The maximum Gasteiger partial charge on any atom is 0.264 e. The molecule has 0 aromatic carbocycles. The summed E-state index contributed by atoms with van der Waals surface area (Å²) in [6.07, 6.45) is 2.64. The molecule has 0 saturated carbocycles. The van der Waals surface area contributed by atoms with Crippen LogP contribution in [0.5, 0.6) is 0 Å². The van der Waals surface area contributed by atoms with Crippen LogP contribution in [0.2, 0.25) is 0 Å². The molecular weight excluding hydrogens is 340 g/mol. The highest BCUT2D eigenvalue weighted by Gasteiger charge is 2.50. The van der Waals surface area contributed by atoms with E-state index in [0.717, 1.165) is 37.4 Å². The second-order valence-electron chi connectivity index (χ2n) is 7.03. The molecule has 1 N–H and O–H groups in total. The number of likely N-dealkylation sites (tertiary alicyclic amines) is 1. The van der Waals surface area contributed by atoms with E-state index in [0.29, 0.717) is 25.6 Å². The molecule has 7 heteroatoms. The third kappa shape index (κ3) is 3.45. The molecule has 3 aliphatic heterocycles. The van der Waals surface area contributed by atoms with Crippen LogP contribution in [0.15, 0.2) is 17.5 Å². The average Bonchev–Trinajstić information content (AvgIpc) is 3.36. The molecule has 4 rings (SSSR count). The van der Waals surface area contributed by atoms with E-state index in [1.165, 1.54) is 11.3 Å². The van der Waals surface area contributed by atoms with Gasteiger partial charge in [-0.2, -0.15) is 0 Å². The number of nitrogens with zero attached hydrogens (tertiary/aromatic N) is 1. The van der Waals surface area contributed by atoms with Gasteiger partial charge in [0.25, 0.3) is 5.91 Å². The monoisotopic (exact) mass is 364 g/mol. The average molecular weight is 364 g/mol. The number of fused-ring (bicyclic) bond motifs is 1. The summed E-state index contributed by atoms with van der Waals surface area (Å²) in [5, 5.41) is 5.00. The van der Waals surface area contributed by atoms with E-state index in [-0.39, 0.29) is 29.9 Å². The van der Waals surface area contributed by atoms with Crippen molar-refractivity contribution in [1.82, 2.24) is 10.2 Å². The van der Waals surface area contributed by atoms with Crippen LogP contribution < -0.4 is 5.32 Å². The van der Waals surface area contributed by atoms with E-state index in [9.17, 15) is 9.59 Å². The van der Waals surface area contributed by atoms with E-state index in [4.69, 9.17) is 9.47 Å². The van der Waals surface area contributed by atoms with Gasteiger partial charge in [-0.15, -0.1) is 11.3 Å². The second-order valence-corrected chi connectivity index (χ2v) is 7.98. The Morgan fingerprint density at radius 3 is 2.84 bits per heavy atom. The van der Waals surface area contributed by atoms with Crippen LogP contribution >= 0.6 is 11.3 Å². The van der Waals surface area contributed by atoms with Crippen molar-refractivity contribution in [2.75, 3.05) is 32.9 Å². The largest absolute Gasteiger partial charge is 0.381 e. The standard InChI is InChI=1S/C18H24N2O4S/c21-17(19-10-12-3-6-23-7-4-12)13-11-20(14-5-8-24-16(13)14)18(22)15-2-1-9-25-15/h1-2,9,12-14,16H,3-8,10-11H2,(H,19,21). The third-order valence-electron chi connectivity index (χ3n) is 5.53. The lowest BCUT2D eigenvalue weighted by Crippen LogP contribution is -2.40. The Morgan fingerprint density at radius 1 is 1.24 bits per heavy atom. The number of carbonyl (C=O) groups excluding carboxylic acids is 2. The fourth-order valence-electron chi connectivity index (χ4n) is 4.10. The van der Waals surface area contributed by atoms with E-state index >= 15 is 0 Å². The Morgan fingerprint density at radius 2 is 2.08 bits per heavy atom. The zero-order valence-electron chi connectivity index (χ0n) is 14.2. The van der Waals surface area contributed by atoms with Gasteiger partial charge in [0.2, 0.25) is 5.91 Å². The first-order chi connectivity index (χ1) is 12.2. The minimum absolute atomic E-state index is 0.0184. The topological polar surface area (TPSA) is 67.9 Å². The number of ether oxygens (including phenoxy) is 2. The van der Waals surface area contributed by atoms with Crippen LogP contribution in [0.3, 0.4) is 0 Å². The number of amides is 2. The van der Waals surface area contributed by atoms with Gasteiger partial charge in [-0.3, -0.25) is 9.59 Å². The van der Waals surface area contributed by atoms with Crippen molar-refractivity contribution in [2.45, 2.75) is 31.4 Å². The van der Waals surface area contributed by atoms with Crippen LogP contribution in [-0.4, -0.2) is 61.8 Å². The molecule has 0 bridgehead atoms. The Hall–Kier alpha value is -1.44. The van der Waals surface area contributed by atoms with Crippen LogP contribution in [0.4, 0.5) is 0 Å². The first-order valence-corrected chi connectivity index (χ1v) is 9.93. The quantitative estimate of drug-likeness (QED) is 0.880. The van der Waals surface area contributed by atoms with Gasteiger partial charge < -0.3 is 19.7 Å². The lowest BCUT2D eigenvalue weighted by Gasteiger charge is -2.23. The molecule has 0 radical (unpaired) electrons. The Labute approximate surface area is 151 Å². The number of rotatable bonds is 4. The van der Waals surface area contributed by atoms with E-state index in [1.54, 1.807) is 0 Å². The molecule has 3 saturated heterocycles. The Bertz CT molecular complexity index is 615. The van der Waals surface area contributed by atoms with Crippen LogP contribution in [-0.2, 0) is 14.3 Å². The molecule has 0 aliphatic carbocycles. The summed E-state index contributed by atoms with van der Waals surface area (Å²) in [6.45, 7) is 3.32. The highest BCUT2D eigenvalue weighted by molar-refractivity contribution is 7.12. The maximum atomic E-state index is 12.8. The number of carbonyl (C=O) groups is 2. The summed E-state index contributed by atoms with van der Waals surface area (Å²) in [5.74, 6) is 0.264. The predicted octanol–water partition coefficient (Wildman–Crippen LogP) is 1.52. The molecule has 3 atom stereocenters. The molecule has 3 aliphatic rings. The van der Waals surface area contributed by atoms with Gasteiger partial charge in [-0.05, 0) is 36.6 Å². The lowest BCUT2D eigenvalue weighted by molar-refractivity contribution is -0.128. The van der Waals surface area contributed by atoms with Crippen molar-refractivity contribution in [1.29, 1.82) is 0 Å². The lowest BCUT2D eigenvalue weighted by atomic mass is 9.98. The maximum absolute atomic E-state index is 12.8. The Kier molecular flexibility index (Phi) is 5.05. The highest BCUT2D eigenvalue weighted by atomic mass is 32.1. The second kappa shape index (κ2) is 7.43. The number of hydrogen-bond acceptors (Lipinski definition) is 5. The summed E-state index contributed by atoms with van der Waals surface area (Å²) in [6, 6.07) is 3.75. The van der Waals surface area contributed by atoms with Crippen molar-refractivity contribution < 1.29 is 19.1 Å². The number of nitrogens with one attached hydrogen (secondary N) is 1. The van der Waals surface area contributed by atoms with Crippen molar-refractivity contribution in [3.8, 4) is 0 Å². The normalized spacial score (nSPS) is 29.6. The van der Waals surface area contributed by atoms with E-state index < -0.39 is 0 Å². The molecule has 1 aromatic heterocycles. The predicted molar refractivity (Wildman–Crippen MR) is 93.5 cm³/mol. The third-order valence-corrected chi connectivity index (χ3v) is 6.39. The Balaban J connectivity index is 1.39. The summed E-state index contributed by atoms with van der Waals surface area (Å²) >= 11 is 1.45. The zero-order chi connectivity index (χ0) is 17.2.